The lowest BCUT2D eigenvalue weighted by Crippen LogP contribution is -2.08. The molecule has 1 atom stereocenters. The number of benzene rings is 1. The summed E-state index contributed by atoms with van der Waals surface area (Å²) in [6, 6.07) is 11.8. The molecule has 1 aromatic carbocycles. The fourth-order valence-corrected chi connectivity index (χ4v) is 1.70. The Morgan fingerprint density at radius 2 is 2.17 bits per heavy atom. The molecule has 0 saturated heterocycles. The number of nitrogens with one attached hydrogen (secondary N) is 1. The Morgan fingerprint density at radius 3 is 2.89 bits per heavy atom. The summed E-state index contributed by atoms with van der Waals surface area (Å²) in [6.45, 7) is 1.91. The van der Waals surface area contributed by atoms with Crippen molar-refractivity contribution in [1.82, 2.24) is 4.98 Å². The molecule has 0 aliphatic carbocycles. The Hall–Kier alpha value is -2.41. The van der Waals surface area contributed by atoms with Crippen LogP contribution in [0.4, 0.5) is 10.1 Å². The predicted molar refractivity (Wildman–Crippen MR) is 67.4 cm³/mol. The van der Waals surface area contributed by atoms with Crippen molar-refractivity contribution in [2.24, 2.45) is 0 Å². The number of nitriles is 1. The number of hydrogen-bond acceptors (Lipinski definition) is 3. The van der Waals surface area contributed by atoms with Gasteiger partial charge in [0.2, 0.25) is 0 Å². The van der Waals surface area contributed by atoms with E-state index in [0.29, 0.717) is 11.4 Å². The Labute approximate surface area is 105 Å². The van der Waals surface area contributed by atoms with Gasteiger partial charge < -0.3 is 5.32 Å². The summed E-state index contributed by atoms with van der Waals surface area (Å²) < 4.78 is 13.1. The zero-order chi connectivity index (χ0) is 13.0. The molecule has 2 rings (SSSR count). The van der Waals surface area contributed by atoms with Crippen molar-refractivity contribution < 1.29 is 4.39 Å². The summed E-state index contributed by atoms with van der Waals surface area (Å²) in [7, 11) is 0. The molecular formula is C14H12FN3. The fourth-order valence-electron chi connectivity index (χ4n) is 1.70. The van der Waals surface area contributed by atoms with Crippen LogP contribution in [0, 0.1) is 17.1 Å². The Balaban J connectivity index is 2.22. The molecule has 4 heteroatoms. The first-order valence-electron chi connectivity index (χ1n) is 5.58. The van der Waals surface area contributed by atoms with Crippen LogP contribution in [0.2, 0.25) is 0 Å². The normalized spacial score (nSPS) is 11.6. The molecule has 1 unspecified atom stereocenters. The zero-order valence-electron chi connectivity index (χ0n) is 9.89. The number of pyridine rings is 1. The van der Waals surface area contributed by atoms with E-state index >= 15 is 0 Å². The van der Waals surface area contributed by atoms with E-state index in [9.17, 15) is 4.39 Å². The number of hydrogen-bond donors (Lipinski definition) is 1. The van der Waals surface area contributed by atoms with Crippen LogP contribution in [0.1, 0.15) is 24.2 Å². The van der Waals surface area contributed by atoms with Crippen LogP contribution in [0.15, 0.2) is 42.6 Å². The molecule has 1 N–H and O–H groups in total. The fraction of sp³-hybridized carbons (Fsp3) is 0.143. The van der Waals surface area contributed by atoms with Gasteiger partial charge in [0.15, 0.2) is 5.69 Å². The Morgan fingerprint density at radius 1 is 1.33 bits per heavy atom. The number of nitrogens with zero attached hydrogens (tertiary/aromatic N) is 2. The number of rotatable bonds is 3. The van der Waals surface area contributed by atoms with Crippen LogP contribution in [0.25, 0.3) is 0 Å². The summed E-state index contributed by atoms with van der Waals surface area (Å²) in [6.07, 6.45) is 1.57. The Bertz CT molecular complexity index is 590. The van der Waals surface area contributed by atoms with Gasteiger partial charge in [-0.25, -0.2) is 9.37 Å². The Kier molecular flexibility index (Phi) is 3.54. The molecule has 1 heterocycles. The molecule has 0 amide bonds. The van der Waals surface area contributed by atoms with Gasteiger partial charge in [-0.05, 0) is 36.8 Å². The molecule has 0 aliphatic rings. The van der Waals surface area contributed by atoms with Gasteiger partial charge in [-0.3, -0.25) is 0 Å². The molecule has 18 heavy (non-hydrogen) atoms. The zero-order valence-corrected chi connectivity index (χ0v) is 9.89. The summed E-state index contributed by atoms with van der Waals surface area (Å²) in [5.74, 6) is -0.271. The molecule has 0 bridgehead atoms. The molecule has 2 aromatic rings. The molecule has 0 fully saturated rings. The SMILES string of the molecule is CC(Nc1cccnc1C#N)c1cccc(F)c1. The van der Waals surface area contributed by atoms with Crippen molar-refractivity contribution in [2.45, 2.75) is 13.0 Å². The smallest absolute Gasteiger partial charge is 0.163 e. The molecule has 0 saturated carbocycles. The van der Waals surface area contributed by atoms with E-state index in [1.54, 1.807) is 24.4 Å². The van der Waals surface area contributed by atoms with E-state index in [4.69, 9.17) is 5.26 Å². The second kappa shape index (κ2) is 5.28. The molecule has 0 radical (unpaired) electrons. The van der Waals surface area contributed by atoms with Gasteiger partial charge in [-0.15, -0.1) is 0 Å². The maximum Gasteiger partial charge on any atom is 0.163 e. The van der Waals surface area contributed by atoms with Crippen LogP contribution >= 0.6 is 0 Å². The molecule has 0 spiro atoms. The minimum atomic E-state index is -0.271. The van der Waals surface area contributed by atoms with E-state index in [2.05, 4.69) is 10.3 Å². The number of halogens is 1. The standard InChI is InChI=1S/C14H12FN3/c1-10(11-4-2-5-12(15)8-11)18-13-6-3-7-17-14(13)9-16/h2-8,10,18H,1H3. The average Bonchev–Trinajstić information content (AvgIpc) is 2.39. The van der Waals surface area contributed by atoms with Crippen LogP contribution in [0.3, 0.4) is 0 Å². The highest BCUT2D eigenvalue weighted by atomic mass is 19.1. The molecule has 3 nitrogen and oxygen atoms in total. The van der Waals surface area contributed by atoms with Gasteiger partial charge in [0.05, 0.1) is 5.69 Å². The van der Waals surface area contributed by atoms with Gasteiger partial charge in [0, 0.05) is 12.2 Å². The highest BCUT2D eigenvalue weighted by Gasteiger charge is 2.09. The largest absolute Gasteiger partial charge is 0.376 e. The summed E-state index contributed by atoms with van der Waals surface area (Å²) >= 11 is 0. The van der Waals surface area contributed by atoms with Crippen LogP contribution < -0.4 is 5.32 Å². The lowest BCUT2D eigenvalue weighted by atomic mass is 10.1. The van der Waals surface area contributed by atoms with E-state index < -0.39 is 0 Å². The first-order chi connectivity index (χ1) is 8.70. The van der Waals surface area contributed by atoms with Crippen molar-refractivity contribution in [2.75, 3.05) is 5.32 Å². The monoisotopic (exact) mass is 241 g/mol. The van der Waals surface area contributed by atoms with Crippen LogP contribution in [-0.4, -0.2) is 4.98 Å². The third kappa shape index (κ3) is 2.64. The van der Waals surface area contributed by atoms with Crippen LogP contribution in [0.5, 0.6) is 0 Å². The van der Waals surface area contributed by atoms with E-state index in [-0.39, 0.29) is 11.9 Å². The third-order valence-electron chi connectivity index (χ3n) is 2.63. The van der Waals surface area contributed by atoms with E-state index in [1.165, 1.54) is 12.1 Å². The van der Waals surface area contributed by atoms with Gasteiger partial charge >= 0.3 is 0 Å². The second-order valence-corrected chi connectivity index (χ2v) is 3.93. The first-order valence-corrected chi connectivity index (χ1v) is 5.58. The maximum absolute atomic E-state index is 13.1. The summed E-state index contributed by atoms with van der Waals surface area (Å²) in [5.41, 5.74) is 1.81. The van der Waals surface area contributed by atoms with Crippen molar-refractivity contribution in [3.63, 3.8) is 0 Å². The number of aromatic nitrogens is 1. The van der Waals surface area contributed by atoms with Crippen LogP contribution in [-0.2, 0) is 0 Å². The van der Waals surface area contributed by atoms with Crippen molar-refractivity contribution in [1.29, 1.82) is 5.26 Å². The van der Waals surface area contributed by atoms with Crippen molar-refractivity contribution >= 4 is 5.69 Å². The van der Waals surface area contributed by atoms with Crippen molar-refractivity contribution in [3.05, 3.63) is 59.7 Å². The maximum atomic E-state index is 13.1. The summed E-state index contributed by atoms with van der Waals surface area (Å²) in [5, 5.41) is 12.1. The second-order valence-electron chi connectivity index (χ2n) is 3.93. The minimum Gasteiger partial charge on any atom is -0.376 e. The highest BCUT2D eigenvalue weighted by Crippen LogP contribution is 2.21. The lowest BCUT2D eigenvalue weighted by Gasteiger charge is -2.16. The van der Waals surface area contributed by atoms with Gasteiger partial charge in [0.25, 0.3) is 0 Å². The molecule has 90 valence electrons. The quantitative estimate of drug-likeness (QED) is 0.897. The summed E-state index contributed by atoms with van der Waals surface area (Å²) in [4.78, 5) is 3.96. The van der Waals surface area contributed by atoms with E-state index in [0.717, 1.165) is 5.56 Å². The minimum absolute atomic E-state index is 0.100. The van der Waals surface area contributed by atoms with Crippen molar-refractivity contribution in [3.8, 4) is 6.07 Å². The molecule has 0 aliphatic heterocycles. The van der Waals surface area contributed by atoms with Gasteiger partial charge in [-0.2, -0.15) is 5.26 Å². The predicted octanol–water partition coefficient (Wildman–Crippen LogP) is 3.27. The van der Waals surface area contributed by atoms with Gasteiger partial charge in [0.1, 0.15) is 11.9 Å². The average molecular weight is 241 g/mol. The molecule has 1 aromatic heterocycles. The number of anilines is 1. The first kappa shape index (κ1) is 12.1. The molecular weight excluding hydrogens is 229 g/mol. The van der Waals surface area contributed by atoms with E-state index in [1.807, 2.05) is 19.1 Å². The lowest BCUT2D eigenvalue weighted by molar-refractivity contribution is 0.623. The topological polar surface area (TPSA) is 48.7 Å². The third-order valence-corrected chi connectivity index (χ3v) is 2.63. The highest BCUT2D eigenvalue weighted by molar-refractivity contribution is 5.54. The van der Waals surface area contributed by atoms with Gasteiger partial charge in [-0.1, -0.05) is 12.1 Å².